The van der Waals surface area contributed by atoms with Crippen molar-refractivity contribution >= 4 is 17.5 Å². The van der Waals surface area contributed by atoms with E-state index in [0.29, 0.717) is 66.0 Å². The van der Waals surface area contributed by atoms with Crippen molar-refractivity contribution in [3.05, 3.63) is 41.6 Å². The summed E-state index contributed by atoms with van der Waals surface area (Å²) in [5.41, 5.74) is 0.785. The van der Waals surface area contributed by atoms with Gasteiger partial charge >= 0.3 is 6.36 Å². The van der Waals surface area contributed by atoms with Gasteiger partial charge in [0.1, 0.15) is 29.0 Å². The van der Waals surface area contributed by atoms with Crippen molar-refractivity contribution < 1.29 is 22.7 Å². The van der Waals surface area contributed by atoms with Crippen LogP contribution in [0.2, 0.25) is 0 Å². The highest BCUT2D eigenvalue weighted by Crippen LogP contribution is 2.60. The Hall–Kier alpha value is -3.39. The lowest BCUT2D eigenvalue weighted by Gasteiger charge is -2.61. The molecule has 8 nitrogen and oxygen atoms in total. The molecule has 1 heterocycles. The Labute approximate surface area is 237 Å². The quantitative estimate of drug-likeness (QED) is 0.360. The molecule has 11 heteroatoms. The second-order valence-electron chi connectivity index (χ2n) is 12.4. The first-order valence-electron chi connectivity index (χ1n) is 14.5. The van der Waals surface area contributed by atoms with E-state index in [1.165, 1.54) is 37.6 Å². The zero-order valence-corrected chi connectivity index (χ0v) is 22.8. The van der Waals surface area contributed by atoms with Gasteiger partial charge in [0.25, 0.3) is 0 Å². The largest absolute Gasteiger partial charge is 0.573 e. The van der Waals surface area contributed by atoms with Gasteiger partial charge in [-0.1, -0.05) is 18.2 Å². The number of aromatic nitrogens is 2. The minimum Gasteiger partial charge on any atom is -0.405 e. The Morgan fingerprint density at radius 3 is 2.51 bits per heavy atom. The number of Topliss-reactive ketones (excluding diaryl/α,β-unsaturated/α-hetero) is 1. The van der Waals surface area contributed by atoms with Crippen molar-refractivity contribution in [3.63, 3.8) is 0 Å². The van der Waals surface area contributed by atoms with Gasteiger partial charge in [0, 0.05) is 43.6 Å². The number of halogens is 3. The number of nitriles is 1. The van der Waals surface area contributed by atoms with E-state index in [0.717, 1.165) is 31.6 Å². The summed E-state index contributed by atoms with van der Waals surface area (Å²) >= 11 is 0. The molecular formula is C30H35F3N6O2. The van der Waals surface area contributed by atoms with Crippen LogP contribution >= 0.6 is 0 Å². The SMILES string of the molecule is N#Cc1cnc(NCc2ccccc2OC(F)(F)F)nc1NCC12CC3C[C@H](C1)C(NC1CCC(=O)CC1)[C@@H](C3)C2. The Kier molecular flexibility index (Phi) is 7.53. The van der Waals surface area contributed by atoms with Crippen LogP contribution in [-0.2, 0) is 11.3 Å². The Bertz CT molecular complexity index is 1300. The molecule has 218 valence electrons. The van der Waals surface area contributed by atoms with Crippen LogP contribution in [0, 0.1) is 34.5 Å². The molecule has 0 saturated heterocycles. The van der Waals surface area contributed by atoms with Crippen LogP contribution < -0.4 is 20.7 Å². The average molecular weight is 569 g/mol. The lowest BCUT2D eigenvalue weighted by molar-refractivity contribution is -0.274. The summed E-state index contributed by atoms with van der Waals surface area (Å²) < 4.78 is 42.5. The fourth-order valence-electron chi connectivity index (χ4n) is 8.06. The number of carbonyl (C=O) groups excluding carboxylic acids is 1. The predicted octanol–water partition coefficient (Wildman–Crippen LogP) is 5.57. The molecule has 5 fully saturated rings. The first-order valence-corrected chi connectivity index (χ1v) is 14.5. The second-order valence-corrected chi connectivity index (χ2v) is 12.4. The lowest BCUT2D eigenvalue weighted by atomic mass is 9.47. The molecule has 1 aromatic carbocycles. The molecule has 2 aromatic rings. The van der Waals surface area contributed by atoms with E-state index < -0.39 is 6.36 Å². The third-order valence-corrected chi connectivity index (χ3v) is 9.55. The summed E-state index contributed by atoms with van der Waals surface area (Å²) in [7, 11) is 0. The molecule has 5 atom stereocenters. The summed E-state index contributed by atoms with van der Waals surface area (Å²) in [5.74, 6) is 2.72. The van der Waals surface area contributed by atoms with Gasteiger partial charge in [0.15, 0.2) is 0 Å². The lowest BCUT2D eigenvalue weighted by Crippen LogP contribution is -2.61. The van der Waals surface area contributed by atoms with Crippen LogP contribution in [0.3, 0.4) is 0 Å². The fourth-order valence-corrected chi connectivity index (χ4v) is 8.06. The van der Waals surface area contributed by atoms with E-state index in [-0.39, 0.29) is 23.7 Å². The van der Waals surface area contributed by atoms with Gasteiger partial charge in [-0.05, 0) is 74.2 Å². The number of nitrogens with zero attached hydrogens (tertiary/aromatic N) is 3. The molecule has 4 bridgehead atoms. The van der Waals surface area contributed by atoms with E-state index in [1.807, 2.05) is 0 Å². The summed E-state index contributed by atoms with van der Waals surface area (Å²) in [4.78, 5) is 20.4. The predicted molar refractivity (Wildman–Crippen MR) is 146 cm³/mol. The molecule has 3 unspecified atom stereocenters. The number of alkyl halides is 3. The highest BCUT2D eigenvalue weighted by molar-refractivity contribution is 5.79. The minimum atomic E-state index is -4.79. The zero-order chi connectivity index (χ0) is 28.6. The van der Waals surface area contributed by atoms with Gasteiger partial charge in [0.05, 0.1) is 6.20 Å². The van der Waals surface area contributed by atoms with Crippen molar-refractivity contribution in [1.82, 2.24) is 15.3 Å². The number of anilines is 2. The van der Waals surface area contributed by atoms with Gasteiger partial charge < -0.3 is 20.7 Å². The van der Waals surface area contributed by atoms with Crippen molar-refractivity contribution in [2.24, 2.45) is 23.2 Å². The molecule has 1 aromatic heterocycles. The molecule has 0 aliphatic heterocycles. The fraction of sp³-hybridized carbons (Fsp3) is 0.600. The number of rotatable bonds is 9. The number of benzene rings is 1. The van der Waals surface area contributed by atoms with Gasteiger partial charge in [-0.25, -0.2) is 4.98 Å². The van der Waals surface area contributed by atoms with Crippen LogP contribution in [0.15, 0.2) is 30.5 Å². The maximum Gasteiger partial charge on any atom is 0.573 e. The Morgan fingerprint density at radius 1 is 1.07 bits per heavy atom. The highest BCUT2D eigenvalue weighted by atomic mass is 19.4. The van der Waals surface area contributed by atoms with Gasteiger partial charge in [-0.3, -0.25) is 4.79 Å². The molecule has 5 aliphatic carbocycles. The first kappa shape index (κ1) is 27.8. The molecular weight excluding hydrogens is 533 g/mol. The van der Waals surface area contributed by atoms with E-state index >= 15 is 0 Å². The molecule has 7 rings (SSSR count). The number of hydrogen-bond donors (Lipinski definition) is 3. The zero-order valence-electron chi connectivity index (χ0n) is 22.8. The molecule has 5 aliphatic rings. The molecule has 0 radical (unpaired) electrons. The molecule has 41 heavy (non-hydrogen) atoms. The highest BCUT2D eigenvalue weighted by Gasteiger charge is 2.55. The van der Waals surface area contributed by atoms with Gasteiger partial charge in [0.2, 0.25) is 5.95 Å². The smallest absolute Gasteiger partial charge is 0.405 e. The number of carbonyl (C=O) groups is 1. The molecule has 5 saturated carbocycles. The van der Waals surface area contributed by atoms with Crippen LogP contribution in [0.1, 0.15) is 68.9 Å². The standard InChI is InChI=1S/C30H35F3N6O2/c31-30(32,33)41-25-4-2-1-3-19(25)15-35-28-36-16-22(14-34)27(39-28)37-17-29-11-18-9-20(12-29)26(21(10-18)13-29)38-23-5-7-24(40)8-6-23/h1-4,16,18,20-21,23,26,38H,5-13,15,17H2,(H2,35,36,37,39)/t18?,20-,21+,26?,29?. The summed E-state index contributed by atoms with van der Waals surface area (Å²) in [6, 6.07) is 9.03. The first-order chi connectivity index (χ1) is 19.7. The summed E-state index contributed by atoms with van der Waals surface area (Å²) in [6.45, 7) is 0.741. The third-order valence-electron chi connectivity index (χ3n) is 9.55. The Balaban J connectivity index is 1.10. The van der Waals surface area contributed by atoms with Crippen LogP contribution in [0.4, 0.5) is 24.9 Å². The van der Waals surface area contributed by atoms with Gasteiger partial charge in [-0.15, -0.1) is 13.2 Å². The summed E-state index contributed by atoms with van der Waals surface area (Å²) in [6.07, 6.45) is 5.88. The monoisotopic (exact) mass is 568 g/mol. The van der Waals surface area contributed by atoms with E-state index in [1.54, 1.807) is 12.1 Å². The van der Waals surface area contributed by atoms with E-state index in [4.69, 9.17) is 0 Å². The van der Waals surface area contributed by atoms with Crippen molar-refractivity contribution in [1.29, 1.82) is 5.26 Å². The molecule has 0 spiro atoms. The van der Waals surface area contributed by atoms with Crippen LogP contribution in [0.25, 0.3) is 0 Å². The number of hydrogen-bond acceptors (Lipinski definition) is 8. The van der Waals surface area contributed by atoms with Crippen molar-refractivity contribution in [3.8, 4) is 11.8 Å². The molecule has 3 N–H and O–H groups in total. The van der Waals surface area contributed by atoms with Gasteiger partial charge in [-0.2, -0.15) is 10.2 Å². The maximum absolute atomic E-state index is 12.8. The number of para-hydroxylation sites is 1. The maximum atomic E-state index is 12.8. The average Bonchev–Trinajstić information content (AvgIpc) is 2.93. The second kappa shape index (κ2) is 11.1. The summed E-state index contributed by atoms with van der Waals surface area (Å²) in [5, 5.41) is 20.1. The third kappa shape index (κ3) is 6.27. The van der Waals surface area contributed by atoms with E-state index in [9.17, 15) is 23.2 Å². The number of ketones is 1. The topological polar surface area (TPSA) is 112 Å². The van der Waals surface area contributed by atoms with Crippen LogP contribution in [0.5, 0.6) is 5.75 Å². The minimum absolute atomic E-state index is 0.0239. The normalized spacial score (nSPS) is 29.3. The number of ether oxygens (including phenoxy) is 1. The number of nitrogens with one attached hydrogen (secondary N) is 3. The Morgan fingerprint density at radius 2 is 1.80 bits per heavy atom. The van der Waals surface area contributed by atoms with E-state index in [2.05, 4.69) is 36.7 Å². The van der Waals surface area contributed by atoms with Crippen molar-refractivity contribution in [2.45, 2.75) is 82.8 Å². The van der Waals surface area contributed by atoms with Crippen LogP contribution in [-0.4, -0.2) is 40.7 Å². The molecule has 0 amide bonds. The van der Waals surface area contributed by atoms with Crippen molar-refractivity contribution in [2.75, 3.05) is 17.2 Å².